The van der Waals surface area contributed by atoms with Crippen molar-refractivity contribution in [1.82, 2.24) is 9.13 Å². The quantitative estimate of drug-likeness (QED) is 0.0419. The van der Waals surface area contributed by atoms with Crippen LogP contribution in [0, 0.1) is 0 Å². The Bertz CT molecular complexity index is 8280. The van der Waals surface area contributed by atoms with E-state index < -0.39 is 10.8 Å². The van der Waals surface area contributed by atoms with Crippen LogP contribution < -0.4 is 19.3 Å². The average molecular weight is 1910 g/mol. The molecule has 25 rings (SSSR count). The minimum atomic E-state index is -0.502. The first-order valence-corrected chi connectivity index (χ1v) is 51.1. The van der Waals surface area contributed by atoms with Crippen LogP contribution in [0.15, 0.2) is 523 Å². The van der Waals surface area contributed by atoms with Gasteiger partial charge < -0.3 is 37.9 Å². The highest BCUT2D eigenvalue weighted by Gasteiger charge is 2.47. The monoisotopic (exact) mass is 1910 g/mol. The van der Waals surface area contributed by atoms with Crippen molar-refractivity contribution in [3.8, 4) is 89.6 Å². The molecule has 2 heterocycles. The Balaban J connectivity index is 0.420. The van der Waals surface area contributed by atoms with E-state index in [1.165, 1.54) is 88.3 Å². The number of para-hydroxylation sites is 2. The SMILES string of the molecule is C=Cc1ccc(OCCC2(c3ccccc3)c3ccccc3-c3ccc(N(c4ccc(-c5ccccc5)cc4)c4ccc(-c5ccc6c(c5)c5ccccc5n6-c5ccc(COCc6ccc(COCc7ccc(-n8c9ccccc9c9cc(-c%10ccc(N(c%11ccc(-c%12ccccc%12)cc%11)c%11ccc%12c(c%11)C(CCOc%11ccc(C=C)cc%11)(c%11ccccc%11)c%11ccccc%11-%12)cc%10)ccc98)cc7)cc6)cc5)cc4)cc32)cc1. The number of hydrogen-bond donors (Lipinski definition) is 0. The molecule has 0 saturated carbocycles. The molecule has 8 heteroatoms. The zero-order valence-electron chi connectivity index (χ0n) is 82.1. The van der Waals surface area contributed by atoms with Crippen LogP contribution in [-0.4, -0.2) is 22.3 Å². The molecule has 148 heavy (non-hydrogen) atoms. The summed E-state index contributed by atoms with van der Waals surface area (Å²) < 4.78 is 30.9. The summed E-state index contributed by atoms with van der Waals surface area (Å²) >= 11 is 0. The lowest BCUT2D eigenvalue weighted by Gasteiger charge is -2.34. The van der Waals surface area contributed by atoms with Crippen LogP contribution in [-0.2, 0) is 46.7 Å². The summed E-state index contributed by atoms with van der Waals surface area (Å²) in [6.45, 7) is 10.9. The van der Waals surface area contributed by atoms with Gasteiger partial charge in [0, 0.05) is 77.9 Å². The number of ether oxygens (including phenoxy) is 4. The van der Waals surface area contributed by atoms with Crippen LogP contribution in [0.4, 0.5) is 34.1 Å². The van der Waals surface area contributed by atoms with Crippen molar-refractivity contribution in [3.63, 3.8) is 0 Å². The molecule has 2 aliphatic rings. The molecule has 0 radical (unpaired) electrons. The molecule has 0 fully saturated rings. The molecule has 2 aliphatic carbocycles. The van der Waals surface area contributed by atoms with Crippen LogP contribution >= 0.6 is 0 Å². The molecule has 0 amide bonds. The summed E-state index contributed by atoms with van der Waals surface area (Å²) in [5.41, 5.74) is 40.5. The molecule has 2 aromatic heterocycles. The molecule has 2 unspecified atom stereocenters. The Morgan fingerprint density at radius 3 is 0.865 bits per heavy atom. The lowest BCUT2D eigenvalue weighted by molar-refractivity contribution is 0.105. The molecule has 0 saturated heterocycles. The van der Waals surface area contributed by atoms with Gasteiger partial charge in [-0.15, -0.1) is 0 Å². The molecule has 0 bridgehead atoms. The van der Waals surface area contributed by atoms with Gasteiger partial charge in [0.15, 0.2) is 0 Å². The number of benzene rings is 21. The second kappa shape index (κ2) is 39.8. The third-order valence-electron chi connectivity index (χ3n) is 30.3. The lowest BCUT2D eigenvalue weighted by atomic mass is 9.70. The maximum atomic E-state index is 6.66. The first-order chi connectivity index (χ1) is 73.2. The highest BCUT2D eigenvalue weighted by molar-refractivity contribution is 6.12. The Labute approximate surface area is 864 Å². The number of fused-ring (bicyclic) bond motifs is 12. The van der Waals surface area contributed by atoms with Crippen molar-refractivity contribution >= 4 is 89.9 Å². The maximum absolute atomic E-state index is 6.66. The molecule has 710 valence electrons. The molecule has 0 aliphatic heterocycles. The van der Waals surface area contributed by atoms with Crippen molar-refractivity contribution in [2.75, 3.05) is 23.0 Å². The molecular formula is C140H106N4O4. The third kappa shape index (κ3) is 17.2. The first-order valence-electron chi connectivity index (χ1n) is 51.1. The van der Waals surface area contributed by atoms with Crippen LogP contribution in [0.2, 0.25) is 0 Å². The fourth-order valence-electron chi connectivity index (χ4n) is 22.9. The van der Waals surface area contributed by atoms with E-state index in [9.17, 15) is 0 Å². The number of aromatic nitrogens is 2. The first kappa shape index (κ1) is 91.1. The van der Waals surface area contributed by atoms with Crippen LogP contribution in [0.5, 0.6) is 11.5 Å². The van der Waals surface area contributed by atoms with Gasteiger partial charge in [0.2, 0.25) is 0 Å². The molecule has 23 aromatic rings. The van der Waals surface area contributed by atoms with Gasteiger partial charge in [-0.2, -0.15) is 0 Å². The van der Waals surface area contributed by atoms with Crippen LogP contribution in [0.1, 0.15) is 79.6 Å². The van der Waals surface area contributed by atoms with Gasteiger partial charge in [0.05, 0.1) is 61.7 Å². The number of nitrogens with zero attached hydrogens (tertiary/aromatic N) is 4. The zero-order chi connectivity index (χ0) is 98.9. The zero-order valence-corrected chi connectivity index (χ0v) is 82.1. The van der Waals surface area contributed by atoms with Gasteiger partial charge in [-0.1, -0.05) is 377 Å². The van der Waals surface area contributed by atoms with E-state index in [0.29, 0.717) is 39.6 Å². The predicted molar refractivity (Wildman–Crippen MR) is 613 cm³/mol. The normalized spacial score (nSPS) is 13.8. The maximum Gasteiger partial charge on any atom is 0.119 e. The van der Waals surface area contributed by atoms with Gasteiger partial charge in [-0.25, -0.2) is 0 Å². The average Bonchev–Trinajstić information content (AvgIpc) is 1.55. The van der Waals surface area contributed by atoms with E-state index >= 15 is 0 Å². The summed E-state index contributed by atoms with van der Waals surface area (Å²) in [4.78, 5) is 4.83. The highest BCUT2D eigenvalue weighted by atomic mass is 16.5. The summed E-state index contributed by atoms with van der Waals surface area (Å²) in [7, 11) is 0. The summed E-state index contributed by atoms with van der Waals surface area (Å²) in [6, 6.07) is 186. The van der Waals surface area contributed by atoms with Crippen LogP contribution in [0.25, 0.3) is 134 Å². The van der Waals surface area contributed by atoms with Crippen molar-refractivity contribution in [2.24, 2.45) is 0 Å². The van der Waals surface area contributed by atoms with E-state index in [1.54, 1.807) is 0 Å². The second-order valence-electron chi connectivity index (χ2n) is 38.7. The largest absolute Gasteiger partial charge is 0.494 e. The van der Waals surface area contributed by atoms with Crippen molar-refractivity contribution in [3.05, 3.63) is 589 Å². The van der Waals surface area contributed by atoms with Gasteiger partial charge in [-0.05, 0) is 304 Å². The van der Waals surface area contributed by atoms with E-state index in [-0.39, 0.29) is 0 Å². The van der Waals surface area contributed by atoms with Gasteiger partial charge in [-0.3, -0.25) is 0 Å². The summed E-state index contributed by atoms with van der Waals surface area (Å²) in [5, 5.41) is 4.79. The Kier molecular flexibility index (Phi) is 24.5. The van der Waals surface area contributed by atoms with Gasteiger partial charge in [0.1, 0.15) is 11.5 Å². The molecular weight excluding hydrogens is 1800 g/mol. The van der Waals surface area contributed by atoms with E-state index in [4.69, 9.17) is 18.9 Å². The summed E-state index contributed by atoms with van der Waals surface area (Å²) in [5.74, 6) is 1.68. The second-order valence-corrected chi connectivity index (χ2v) is 38.7. The van der Waals surface area contributed by atoms with Crippen molar-refractivity contribution < 1.29 is 18.9 Å². The number of rotatable bonds is 32. The Hall–Kier alpha value is -18.2. The van der Waals surface area contributed by atoms with Crippen molar-refractivity contribution in [2.45, 2.75) is 50.1 Å². The smallest absolute Gasteiger partial charge is 0.119 e. The fourth-order valence-corrected chi connectivity index (χ4v) is 22.9. The Morgan fingerprint density at radius 2 is 0.507 bits per heavy atom. The third-order valence-corrected chi connectivity index (χ3v) is 30.3. The minimum Gasteiger partial charge on any atom is -0.494 e. The van der Waals surface area contributed by atoms with Crippen LogP contribution in [0.3, 0.4) is 0 Å². The fraction of sp³-hybridized carbons (Fsp3) is 0.0714. The predicted octanol–water partition coefficient (Wildman–Crippen LogP) is 35.8. The molecule has 8 nitrogen and oxygen atoms in total. The number of anilines is 6. The van der Waals surface area contributed by atoms with E-state index in [2.05, 4.69) is 517 Å². The number of hydrogen-bond acceptors (Lipinski definition) is 6. The molecule has 0 spiro atoms. The van der Waals surface area contributed by atoms with Crippen molar-refractivity contribution in [1.29, 1.82) is 0 Å². The summed E-state index contributed by atoms with van der Waals surface area (Å²) in [6.07, 6.45) is 5.18. The Morgan fingerprint density at radius 1 is 0.223 bits per heavy atom. The van der Waals surface area contributed by atoms with E-state index in [1.807, 2.05) is 36.4 Å². The molecule has 21 aromatic carbocycles. The minimum absolute atomic E-state index is 0.484. The highest BCUT2D eigenvalue weighted by Crippen LogP contribution is 2.59. The topological polar surface area (TPSA) is 53.3 Å². The lowest BCUT2D eigenvalue weighted by Crippen LogP contribution is -2.29. The van der Waals surface area contributed by atoms with Gasteiger partial charge in [0.25, 0.3) is 0 Å². The standard InChI is InChI=1S/C140H106N4O4/c1-3-97-49-77-121(78-50-97)147-87-85-139(111-29-13-7-14-30-111)131-37-21-17-33-123(131)125-81-75-119(91-133(125)139)141(113-67-53-105(54-68-113)103-25-9-5-10-26-103)115-71-57-107(58-72-115)109-61-83-137-129(89-109)127-35-19-23-39-135(127)143(137)117-63-45-101(46-64-117)95-145-93-99-41-43-100(44-42-99)94-146-96-102-47-65-118(66-48-102)144-136-40-24-20-36-128(136)130-90-110(62-84-138(130)144)108-59-73-116(74-60-108)142(114-69-55-106(56-70-114)104-27-11-6-12-28-104)120-76-82-126-124-34-18-22-38-132(124)140(134(126)92-120,112-31-15-8-16-32-112)86-88-148-122-79-51-98(4-2)52-80-122/h3-84,89-92H,1-2,85-88,93-96H2. The molecule has 2 atom stereocenters. The molecule has 0 N–H and O–H groups in total. The van der Waals surface area contributed by atoms with E-state index in [0.717, 1.165) is 159 Å². The van der Waals surface area contributed by atoms with Gasteiger partial charge >= 0.3 is 0 Å².